The molecular weight excluding hydrogens is 801 g/mol. The molecule has 8 heteroatoms. The van der Waals surface area contributed by atoms with Gasteiger partial charge in [-0.05, 0) is 107 Å². The van der Waals surface area contributed by atoms with Gasteiger partial charge in [0.05, 0.1) is 38.3 Å². The first-order chi connectivity index (χ1) is 29.1. The lowest BCUT2D eigenvalue weighted by Crippen LogP contribution is -2.58. The fraction of sp³-hybridized carbons (Fsp3) is 0.593. The zero-order valence-electron chi connectivity index (χ0n) is 41.0. The summed E-state index contributed by atoms with van der Waals surface area (Å²) < 4.78 is 35.5. The summed E-state index contributed by atoms with van der Waals surface area (Å²) in [6.45, 7) is 33.8. The second-order valence-corrected chi connectivity index (χ2v) is 31.5. The summed E-state index contributed by atoms with van der Waals surface area (Å²) in [5.41, 5.74) is 5.96. The van der Waals surface area contributed by atoms with Crippen LogP contribution in [0.25, 0.3) is 0 Å². The third-order valence-electron chi connectivity index (χ3n) is 15.2. The number of aliphatic hydroxyl groups is 1. The van der Waals surface area contributed by atoms with Gasteiger partial charge in [0.2, 0.25) is 0 Å². The molecule has 0 aliphatic heterocycles. The fourth-order valence-electron chi connectivity index (χ4n) is 10.1. The predicted octanol–water partition coefficient (Wildman–Crippen LogP) is 14.5. The maximum absolute atomic E-state index is 13.4. The highest BCUT2D eigenvalue weighted by Gasteiger charge is 2.57. The van der Waals surface area contributed by atoms with Crippen LogP contribution in [0.4, 0.5) is 0 Å². The monoisotopic (exact) mass is 883 g/mol. The Hall–Kier alpha value is -2.83. The van der Waals surface area contributed by atoms with Crippen LogP contribution in [0.3, 0.4) is 0 Å². The van der Waals surface area contributed by atoms with Gasteiger partial charge in [0.25, 0.3) is 8.32 Å². The van der Waals surface area contributed by atoms with Crippen LogP contribution in [0.2, 0.25) is 34.8 Å². The van der Waals surface area contributed by atoms with Gasteiger partial charge in [0, 0.05) is 11.8 Å². The van der Waals surface area contributed by atoms with Crippen molar-refractivity contribution in [1.29, 1.82) is 0 Å². The molecule has 1 unspecified atom stereocenters. The molecule has 2 aliphatic rings. The van der Waals surface area contributed by atoms with E-state index in [1.165, 1.54) is 11.1 Å². The van der Waals surface area contributed by atoms with Gasteiger partial charge >= 0.3 is 0 Å². The minimum Gasteiger partial charge on any atom is -0.546 e. The van der Waals surface area contributed by atoms with Crippen molar-refractivity contribution in [2.45, 2.75) is 188 Å². The first-order valence-corrected chi connectivity index (χ1v) is 28.6. The van der Waals surface area contributed by atoms with Crippen molar-refractivity contribution in [1.82, 2.24) is 0 Å². The summed E-state index contributed by atoms with van der Waals surface area (Å²) in [7, 11) is -4.62. The van der Waals surface area contributed by atoms with E-state index in [2.05, 4.69) is 157 Å². The van der Waals surface area contributed by atoms with Crippen LogP contribution in [-0.4, -0.2) is 46.3 Å². The molecule has 0 saturated carbocycles. The lowest BCUT2D eigenvalue weighted by molar-refractivity contribution is -0.138. The molecule has 3 aromatic rings. The molecule has 0 fully saturated rings. The molecule has 5 rings (SSSR count). The van der Waals surface area contributed by atoms with Gasteiger partial charge in [-0.2, -0.15) is 0 Å². The molecule has 3 atom stereocenters. The van der Waals surface area contributed by atoms with Gasteiger partial charge in [-0.1, -0.05) is 167 Å². The Balaban J connectivity index is 1.65. The molecule has 342 valence electrons. The summed E-state index contributed by atoms with van der Waals surface area (Å²) >= 11 is 0. The van der Waals surface area contributed by atoms with Crippen LogP contribution in [0.5, 0.6) is 0 Å². The molecule has 0 aromatic heterocycles. The third kappa shape index (κ3) is 11.3. The van der Waals surface area contributed by atoms with Gasteiger partial charge < -0.3 is 28.2 Å². The van der Waals surface area contributed by atoms with Crippen LogP contribution in [-0.2, 0) is 42.9 Å². The minimum absolute atomic E-state index is 0.00206. The molecule has 0 radical (unpaired) electrons. The van der Waals surface area contributed by atoms with E-state index in [0.717, 1.165) is 60.1 Å². The normalized spacial score (nSPS) is 21.5. The topological polar surface area (TPSA) is 66.4 Å². The molecule has 2 aliphatic carbocycles. The second-order valence-electron chi connectivity index (χ2n) is 21.4. The molecule has 3 aromatic carbocycles. The average molecular weight is 883 g/mol. The summed E-state index contributed by atoms with van der Waals surface area (Å²) in [6.07, 6.45) is 3.59. The van der Waals surface area contributed by atoms with E-state index in [4.69, 9.17) is 23.1 Å². The first kappa shape index (κ1) is 50.2. The summed E-state index contributed by atoms with van der Waals surface area (Å²) in [6, 6.07) is 31.1. The standard InChI is InChI=1S/C54H82O6Si2/c1-39(2)62(40(3)4,41(5)6)60-50-34-46(53(11,12)54(55,42(50)7)38-56-35-43-25-18-15-19-26-43)33-48-47(31-24-32-49(48)59-61(13,14)52(8,9)10)51(57-36-44-27-20-16-21-28-44)58-37-45-29-22-17-23-30-45/h15-23,25-30,39-41,46,49,51,55H,24,31-38H2,1-14H3/t46-,49-,54?/m0/s1. The second kappa shape index (κ2) is 21.0. The zero-order valence-corrected chi connectivity index (χ0v) is 43.0. The van der Waals surface area contributed by atoms with Crippen molar-refractivity contribution < 1.29 is 28.2 Å². The van der Waals surface area contributed by atoms with Crippen molar-refractivity contribution in [3.63, 3.8) is 0 Å². The predicted molar refractivity (Wildman–Crippen MR) is 262 cm³/mol. The smallest absolute Gasteiger partial charge is 0.258 e. The summed E-state index contributed by atoms with van der Waals surface area (Å²) in [5.74, 6) is 0.960. The quantitative estimate of drug-likeness (QED) is 0.0693. The molecule has 0 bridgehead atoms. The highest BCUT2D eigenvalue weighted by atomic mass is 28.4. The van der Waals surface area contributed by atoms with Gasteiger partial charge in [0.1, 0.15) is 5.60 Å². The Kier molecular flexibility index (Phi) is 17.0. The van der Waals surface area contributed by atoms with E-state index >= 15 is 0 Å². The van der Waals surface area contributed by atoms with Crippen LogP contribution >= 0.6 is 0 Å². The van der Waals surface area contributed by atoms with Crippen molar-refractivity contribution >= 4 is 16.6 Å². The molecule has 0 amide bonds. The molecular formula is C54H82O6Si2. The van der Waals surface area contributed by atoms with Crippen LogP contribution in [0.1, 0.15) is 132 Å². The SMILES string of the molecule is CC1=C(O[Si](C(C)C)(C(C)C)C(C)C)C[C@H](CC2=C(C(OCc3ccccc3)OCc3ccccc3)CCC[C@@H]2O[Si](C)(C)C(C)(C)C)C(C)(C)C1(O)COCc1ccccc1. The Labute approximate surface area is 379 Å². The molecule has 1 N–H and O–H groups in total. The molecule has 0 heterocycles. The van der Waals surface area contributed by atoms with Crippen molar-refractivity contribution in [2.75, 3.05) is 6.61 Å². The van der Waals surface area contributed by atoms with Crippen molar-refractivity contribution in [3.05, 3.63) is 130 Å². The lowest BCUT2D eigenvalue weighted by atomic mass is 9.57. The van der Waals surface area contributed by atoms with Crippen molar-refractivity contribution in [3.8, 4) is 0 Å². The number of benzene rings is 3. The van der Waals surface area contributed by atoms with E-state index in [0.29, 0.717) is 36.4 Å². The van der Waals surface area contributed by atoms with E-state index < -0.39 is 33.9 Å². The van der Waals surface area contributed by atoms with E-state index in [1.54, 1.807) is 0 Å². The molecule has 0 spiro atoms. The van der Waals surface area contributed by atoms with Crippen molar-refractivity contribution in [2.24, 2.45) is 11.3 Å². The number of hydrogen-bond donors (Lipinski definition) is 1. The maximum Gasteiger partial charge on any atom is 0.258 e. The summed E-state index contributed by atoms with van der Waals surface area (Å²) in [4.78, 5) is 0. The van der Waals surface area contributed by atoms with Gasteiger partial charge in [-0.3, -0.25) is 0 Å². The van der Waals surface area contributed by atoms with Gasteiger partial charge in [-0.15, -0.1) is 0 Å². The highest BCUT2D eigenvalue weighted by Crippen LogP contribution is 2.56. The number of hydrogen-bond acceptors (Lipinski definition) is 6. The Morgan fingerprint density at radius 2 is 1.19 bits per heavy atom. The third-order valence-corrected chi connectivity index (χ3v) is 25.7. The van der Waals surface area contributed by atoms with Crippen LogP contribution < -0.4 is 0 Å². The Bertz CT molecular complexity index is 1850. The minimum atomic E-state index is -2.40. The van der Waals surface area contributed by atoms with Crippen LogP contribution in [0, 0.1) is 11.3 Å². The largest absolute Gasteiger partial charge is 0.546 e. The molecule has 62 heavy (non-hydrogen) atoms. The van der Waals surface area contributed by atoms with Gasteiger partial charge in [0.15, 0.2) is 14.6 Å². The van der Waals surface area contributed by atoms with Gasteiger partial charge in [-0.25, -0.2) is 0 Å². The van der Waals surface area contributed by atoms with E-state index in [1.807, 2.05) is 30.3 Å². The lowest BCUT2D eigenvalue weighted by Gasteiger charge is -2.54. The number of ether oxygens (including phenoxy) is 3. The first-order valence-electron chi connectivity index (χ1n) is 23.6. The Morgan fingerprint density at radius 1 is 0.726 bits per heavy atom. The van der Waals surface area contributed by atoms with E-state index in [9.17, 15) is 5.11 Å². The average Bonchev–Trinajstić information content (AvgIpc) is 3.22. The highest BCUT2D eigenvalue weighted by molar-refractivity contribution is 6.78. The van der Waals surface area contributed by atoms with Crippen LogP contribution in [0.15, 0.2) is 113 Å². The summed E-state index contributed by atoms with van der Waals surface area (Å²) in [5, 5.41) is 13.5. The molecule has 6 nitrogen and oxygen atoms in total. The van der Waals surface area contributed by atoms with E-state index in [-0.39, 0.29) is 23.7 Å². The zero-order chi connectivity index (χ0) is 45.5. The number of rotatable bonds is 20. The molecule has 0 saturated heterocycles. The number of allylic oxidation sites excluding steroid dienone is 1. The Morgan fingerprint density at radius 3 is 1.65 bits per heavy atom. The fourth-order valence-corrected chi connectivity index (χ4v) is 16.8. The maximum atomic E-state index is 13.4.